The van der Waals surface area contributed by atoms with Gasteiger partial charge in [-0.2, -0.15) is 5.26 Å². The Bertz CT molecular complexity index is 1170. The largest absolute Gasteiger partial charge is 0.489 e. The van der Waals surface area contributed by atoms with Crippen LogP contribution in [0.5, 0.6) is 5.75 Å². The van der Waals surface area contributed by atoms with Crippen molar-refractivity contribution >= 4 is 39.3 Å². The van der Waals surface area contributed by atoms with E-state index in [0.717, 1.165) is 4.47 Å². The molecule has 0 aromatic heterocycles. The van der Waals surface area contributed by atoms with Crippen LogP contribution in [0.1, 0.15) is 11.1 Å². The van der Waals surface area contributed by atoms with Crippen molar-refractivity contribution in [3.05, 3.63) is 104 Å². The number of carbonyl (C=O) groups excluding carboxylic acids is 1. The first-order valence-corrected chi connectivity index (χ1v) is 9.89. The molecule has 1 N–H and O–H groups in total. The van der Waals surface area contributed by atoms with Gasteiger partial charge in [-0.3, -0.25) is 14.9 Å². The van der Waals surface area contributed by atoms with E-state index in [0.29, 0.717) is 22.6 Å². The fraction of sp³-hybridized carbons (Fsp3) is 0.0435. The van der Waals surface area contributed by atoms with E-state index in [1.54, 1.807) is 60.7 Å². The van der Waals surface area contributed by atoms with E-state index in [4.69, 9.17) is 4.74 Å². The Hall–Kier alpha value is -3.96. The van der Waals surface area contributed by atoms with Gasteiger partial charge in [-0.1, -0.05) is 40.2 Å². The lowest BCUT2D eigenvalue weighted by Crippen LogP contribution is -2.13. The van der Waals surface area contributed by atoms with Crippen LogP contribution in [0.3, 0.4) is 0 Å². The lowest BCUT2D eigenvalue weighted by atomic mass is 10.1. The van der Waals surface area contributed by atoms with E-state index in [1.807, 2.05) is 6.07 Å². The maximum Gasteiger partial charge on any atom is 0.269 e. The summed E-state index contributed by atoms with van der Waals surface area (Å²) in [4.78, 5) is 22.7. The molecule has 0 radical (unpaired) electrons. The molecule has 154 valence electrons. The number of ether oxygens (including phenoxy) is 1. The summed E-state index contributed by atoms with van der Waals surface area (Å²) >= 11 is 3.32. The van der Waals surface area contributed by atoms with Gasteiger partial charge in [0.15, 0.2) is 0 Å². The molecule has 0 unspecified atom stereocenters. The van der Waals surface area contributed by atoms with E-state index in [9.17, 15) is 20.2 Å². The lowest BCUT2D eigenvalue weighted by Gasteiger charge is -2.07. The van der Waals surface area contributed by atoms with Crippen molar-refractivity contribution in [2.24, 2.45) is 0 Å². The quantitative estimate of drug-likeness (QED) is 0.210. The van der Waals surface area contributed by atoms with Crippen molar-refractivity contribution in [1.29, 1.82) is 5.26 Å². The van der Waals surface area contributed by atoms with Crippen molar-refractivity contribution in [2.45, 2.75) is 6.61 Å². The number of nitriles is 1. The Morgan fingerprint density at radius 3 is 2.48 bits per heavy atom. The molecule has 0 saturated carbocycles. The van der Waals surface area contributed by atoms with E-state index >= 15 is 0 Å². The highest BCUT2D eigenvalue weighted by Crippen LogP contribution is 2.19. The fourth-order valence-electron chi connectivity index (χ4n) is 2.63. The summed E-state index contributed by atoms with van der Waals surface area (Å²) in [5.74, 6) is 0.0531. The topological polar surface area (TPSA) is 105 Å². The molecule has 3 rings (SSSR count). The molecule has 1 amide bonds. The van der Waals surface area contributed by atoms with Crippen LogP contribution in [0, 0.1) is 21.4 Å². The smallest absolute Gasteiger partial charge is 0.269 e. The summed E-state index contributed by atoms with van der Waals surface area (Å²) in [5.41, 5.74) is 1.89. The molecule has 0 saturated heterocycles. The van der Waals surface area contributed by atoms with E-state index in [-0.39, 0.29) is 17.9 Å². The first kappa shape index (κ1) is 21.7. The summed E-state index contributed by atoms with van der Waals surface area (Å²) < 4.78 is 6.54. The number of nitrogens with one attached hydrogen (secondary N) is 1. The predicted octanol–water partition coefficient (Wildman–Crippen LogP) is 5.48. The first-order valence-electron chi connectivity index (χ1n) is 9.09. The van der Waals surface area contributed by atoms with Gasteiger partial charge in [-0.15, -0.1) is 0 Å². The minimum Gasteiger partial charge on any atom is -0.489 e. The highest BCUT2D eigenvalue weighted by molar-refractivity contribution is 9.10. The Kier molecular flexibility index (Phi) is 7.14. The zero-order chi connectivity index (χ0) is 22.2. The van der Waals surface area contributed by atoms with Gasteiger partial charge < -0.3 is 10.1 Å². The van der Waals surface area contributed by atoms with Gasteiger partial charge in [0.2, 0.25) is 0 Å². The van der Waals surface area contributed by atoms with Crippen molar-refractivity contribution < 1.29 is 14.5 Å². The van der Waals surface area contributed by atoms with E-state index < -0.39 is 10.8 Å². The molecule has 0 spiro atoms. The Morgan fingerprint density at radius 1 is 1.13 bits per heavy atom. The highest BCUT2D eigenvalue weighted by atomic mass is 79.9. The van der Waals surface area contributed by atoms with Gasteiger partial charge in [0.05, 0.1) is 4.92 Å². The van der Waals surface area contributed by atoms with Crippen LogP contribution in [0.2, 0.25) is 0 Å². The minimum atomic E-state index is -0.504. The van der Waals surface area contributed by atoms with Gasteiger partial charge >= 0.3 is 0 Å². The molecule has 3 aromatic carbocycles. The van der Waals surface area contributed by atoms with E-state index in [1.165, 1.54) is 18.2 Å². The number of nitro groups is 1. The third-order valence-electron chi connectivity index (χ3n) is 4.19. The second kappa shape index (κ2) is 10.2. The Balaban J connectivity index is 1.64. The summed E-state index contributed by atoms with van der Waals surface area (Å²) in [6.45, 7) is 0.176. The van der Waals surface area contributed by atoms with Crippen LogP contribution in [0.4, 0.5) is 11.4 Å². The zero-order valence-corrected chi connectivity index (χ0v) is 17.7. The number of rotatable bonds is 7. The molecule has 0 aliphatic heterocycles. The number of nitrogens with zero attached hydrogens (tertiary/aromatic N) is 2. The van der Waals surface area contributed by atoms with Gasteiger partial charge in [0, 0.05) is 22.3 Å². The number of halogens is 1. The van der Waals surface area contributed by atoms with Crippen molar-refractivity contribution in [1.82, 2.24) is 0 Å². The monoisotopic (exact) mass is 477 g/mol. The summed E-state index contributed by atoms with van der Waals surface area (Å²) in [7, 11) is 0. The zero-order valence-electron chi connectivity index (χ0n) is 16.1. The van der Waals surface area contributed by atoms with Gasteiger partial charge in [-0.25, -0.2) is 0 Å². The number of benzene rings is 3. The molecule has 0 bridgehead atoms. The van der Waals surface area contributed by atoms with Crippen LogP contribution in [0.25, 0.3) is 6.08 Å². The Labute approximate surface area is 186 Å². The molecule has 3 aromatic rings. The second-order valence-electron chi connectivity index (χ2n) is 6.42. The maximum atomic E-state index is 12.3. The number of nitro benzene ring substituents is 1. The van der Waals surface area contributed by atoms with Crippen molar-refractivity contribution in [3.8, 4) is 11.8 Å². The molecular formula is C23H16BrN3O4. The summed E-state index contributed by atoms with van der Waals surface area (Å²) in [6, 6.07) is 22.0. The Morgan fingerprint density at radius 2 is 1.84 bits per heavy atom. The van der Waals surface area contributed by atoms with Gasteiger partial charge in [0.25, 0.3) is 11.6 Å². The standard InChI is InChI=1S/C23H16BrN3O4/c24-19-6-8-20(9-7-19)26-23(28)18(14-25)12-16-4-10-22(11-5-16)31-15-17-2-1-3-21(13-17)27(29)30/h1-13H,15H2,(H,26,28)/b18-12-. The molecule has 0 aliphatic carbocycles. The minimum absolute atomic E-state index is 0.00651. The molecule has 8 heteroatoms. The molecule has 0 atom stereocenters. The van der Waals surface area contributed by atoms with Crippen molar-refractivity contribution in [2.75, 3.05) is 5.32 Å². The third kappa shape index (κ3) is 6.26. The van der Waals surface area contributed by atoms with Gasteiger partial charge in [0.1, 0.15) is 24.0 Å². The molecule has 0 fully saturated rings. The number of amides is 1. The lowest BCUT2D eigenvalue weighted by molar-refractivity contribution is -0.384. The molecular weight excluding hydrogens is 462 g/mol. The SMILES string of the molecule is N#C/C(=C/c1ccc(OCc2cccc([N+](=O)[O-])c2)cc1)C(=O)Nc1ccc(Br)cc1. The third-order valence-corrected chi connectivity index (χ3v) is 4.71. The van der Waals surface area contributed by atoms with Crippen LogP contribution < -0.4 is 10.1 Å². The normalized spacial score (nSPS) is 10.8. The molecule has 0 heterocycles. The number of carbonyl (C=O) groups is 1. The molecule has 7 nitrogen and oxygen atoms in total. The summed E-state index contributed by atoms with van der Waals surface area (Å²) in [6.07, 6.45) is 1.48. The molecule has 0 aliphatic rings. The first-order chi connectivity index (χ1) is 14.9. The molecule has 31 heavy (non-hydrogen) atoms. The van der Waals surface area contributed by atoms with Crippen LogP contribution in [0.15, 0.2) is 82.8 Å². The van der Waals surface area contributed by atoms with Crippen LogP contribution >= 0.6 is 15.9 Å². The van der Waals surface area contributed by atoms with Gasteiger partial charge in [-0.05, 0) is 53.6 Å². The maximum absolute atomic E-state index is 12.3. The highest BCUT2D eigenvalue weighted by Gasteiger charge is 2.10. The number of anilines is 1. The number of hydrogen-bond donors (Lipinski definition) is 1. The number of non-ortho nitro benzene ring substituents is 1. The van der Waals surface area contributed by atoms with E-state index in [2.05, 4.69) is 21.2 Å². The predicted molar refractivity (Wildman–Crippen MR) is 120 cm³/mol. The average Bonchev–Trinajstić information content (AvgIpc) is 2.78. The number of hydrogen-bond acceptors (Lipinski definition) is 5. The van der Waals surface area contributed by atoms with Crippen molar-refractivity contribution in [3.63, 3.8) is 0 Å². The second-order valence-corrected chi connectivity index (χ2v) is 7.33. The van der Waals surface area contributed by atoms with Crippen LogP contribution in [-0.4, -0.2) is 10.8 Å². The fourth-order valence-corrected chi connectivity index (χ4v) is 2.90. The summed E-state index contributed by atoms with van der Waals surface area (Å²) in [5, 5.41) is 22.9. The van der Waals surface area contributed by atoms with Crippen LogP contribution in [-0.2, 0) is 11.4 Å². The average molecular weight is 478 g/mol.